The van der Waals surface area contributed by atoms with E-state index in [1.54, 1.807) is 36.4 Å². The van der Waals surface area contributed by atoms with Crippen LogP contribution < -0.4 is 5.32 Å². The van der Waals surface area contributed by atoms with Gasteiger partial charge < -0.3 is 10.4 Å². The van der Waals surface area contributed by atoms with Crippen molar-refractivity contribution in [1.29, 1.82) is 0 Å². The molecule has 0 saturated carbocycles. The molecule has 7 heteroatoms. The molecule has 128 valence electrons. The molecule has 3 rings (SSSR count). The number of aromatic amines is 1. The summed E-state index contributed by atoms with van der Waals surface area (Å²) in [6.07, 6.45) is 0.568. The summed E-state index contributed by atoms with van der Waals surface area (Å²) in [6, 6.07) is 14.0. The largest absolute Gasteiger partial charge is 0.387 e. The highest BCUT2D eigenvalue weighted by Gasteiger charge is 2.18. The van der Waals surface area contributed by atoms with Gasteiger partial charge in [0, 0.05) is 22.2 Å². The fraction of sp³-hybridized carbons (Fsp3) is 0.111. The summed E-state index contributed by atoms with van der Waals surface area (Å²) in [5.41, 5.74) is 2.19. The Kier molecular flexibility index (Phi) is 5.38. The molecule has 0 aliphatic heterocycles. The highest BCUT2D eigenvalue weighted by molar-refractivity contribution is 6.33. The van der Waals surface area contributed by atoms with Crippen LogP contribution in [0.4, 0.5) is 0 Å². The van der Waals surface area contributed by atoms with Crippen molar-refractivity contribution >= 4 is 29.1 Å². The molecule has 0 fully saturated rings. The van der Waals surface area contributed by atoms with Crippen LogP contribution >= 0.6 is 23.2 Å². The second-order valence-electron chi connectivity index (χ2n) is 5.42. The average Bonchev–Trinajstić information content (AvgIpc) is 3.09. The Hall–Kier alpha value is -2.34. The lowest BCUT2D eigenvalue weighted by Gasteiger charge is -2.13. The van der Waals surface area contributed by atoms with Crippen molar-refractivity contribution < 1.29 is 9.90 Å². The second-order valence-corrected chi connectivity index (χ2v) is 6.26. The quantitative estimate of drug-likeness (QED) is 0.633. The van der Waals surface area contributed by atoms with Gasteiger partial charge in [-0.25, -0.2) is 0 Å². The Labute approximate surface area is 154 Å². The van der Waals surface area contributed by atoms with E-state index in [9.17, 15) is 9.90 Å². The minimum absolute atomic E-state index is 0.0479. The molecule has 0 bridgehead atoms. The highest BCUT2D eigenvalue weighted by Crippen LogP contribution is 2.28. The maximum Gasteiger partial charge on any atom is 0.255 e. The van der Waals surface area contributed by atoms with Crippen LogP contribution in [-0.2, 0) is 0 Å². The van der Waals surface area contributed by atoms with Crippen LogP contribution in [0, 0.1) is 0 Å². The van der Waals surface area contributed by atoms with Gasteiger partial charge in [-0.15, -0.1) is 0 Å². The maximum atomic E-state index is 12.5. The summed E-state index contributed by atoms with van der Waals surface area (Å²) in [7, 11) is 0. The Balaban J connectivity index is 1.73. The molecule has 1 heterocycles. The molecule has 1 amide bonds. The first-order valence-corrected chi connectivity index (χ1v) is 8.32. The van der Waals surface area contributed by atoms with Crippen LogP contribution in [-0.4, -0.2) is 27.8 Å². The molecule has 5 nitrogen and oxygen atoms in total. The predicted octanol–water partition coefficient (Wildman–Crippen LogP) is 3.85. The number of aliphatic hydroxyl groups excluding tert-OH is 1. The smallest absolute Gasteiger partial charge is 0.255 e. The molecule has 0 saturated heterocycles. The lowest BCUT2D eigenvalue weighted by Crippen LogP contribution is -2.28. The zero-order valence-corrected chi connectivity index (χ0v) is 14.6. The molecular formula is C18H15Cl2N3O2. The summed E-state index contributed by atoms with van der Waals surface area (Å²) in [4.78, 5) is 12.5. The molecule has 2 aromatic carbocycles. The van der Waals surface area contributed by atoms with Crippen molar-refractivity contribution in [2.24, 2.45) is 0 Å². The predicted molar refractivity (Wildman–Crippen MR) is 97.8 cm³/mol. The van der Waals surface area contributed by atoms with Gasteiger partial charge in [-0.1, -0.05) is 53.5 Å². The van der Waals surface area contributed by atoms with Crippen LogP contribution in [0.15, 0.2) is 54.7 Å². The molecule has 0 unspecified atom stereocenters. The maximum absolute atomic E-state index is 12.5. The highest BCUT2D eigenvalue weighted by atomic mass is 35.5. The third kappa shape index (κ3) is 4.02. The van der Waals surface area contributed by atoms with Crippen molar-refractivity contribution in [2.45, 2.75) is 6.10 Å². The minimum atomic E-state index is -0.863. The van der Waals surface area contributed by atoms with Crippen LogP contribution in [0.25, 0.3) is 11.3 Å². The van der Waals surface area contributed by atoms with Crippen molar-refractivity contribution in [3.8, 4) is 11.3 Å². The van der Waals surface area contributed by atoms with Crippen molar-refractivity contribution in [1.82, 2.24) is 15.5 Å². The molecule has 3 N–H and O–H groups in total. The van der Waals surface area contributed by atoms with Gasteiger partial charge in [-0.2, -0.15) is 5.10 Å². The van der Waals surface area contributed by atoms with Gasteiger partial charge in [0.2, 0.25) is 0 Å². The zero-order valence-electron chi connectivity index (χ0n) is 13.0. The molecule has 3 aromatic rings. The Morgan fingerprint density at radius 2 is 2.00 bits per heavy atom. The summed E-state index contributed by atoms with van der Waals surface area (Å²) in [5, 5.41) is 20.7. The molecule has 0 aliphatic rings. The fourth-order valence-corrected chi connectivity index (χ4v) is 2.87. The number of rotatable bonds is 5. The van der Waals surface area contributed by atoms with E-state index in [0.717, 1.165) is 0 Å². The lowest BCUT2D eigenvalue weighted by atomic mass is 10.1. The third-order valence-corrected chi connectivity index (χ3v) is 4.28. The van der Waals surface area contributed by atoms with Gasteiger partial charge in [0.1, 0.15) is 0 Å². The monoisotopic (exact) mass is 375 g/mol. The van der Waals surface area contributed by atoms with Gasteiger partial charge in [-0.05, 0) is 23.8 Å². The van der Waals surface area contributed by atoms with Crippen molar-refractivity contribution in [2.75, 3.05) is 6.54 Å². The number of halogens is 2. The number of hydrogen-bond acceptors (Lipinski definition) is 3. The summed E-state index contributed by atoms with van der Waals surface area (Å²) in [5.74, 6) is -0.357. The topological polar surface area (TPSA) is 78.0 Å². The number of carbonyl (C=O) groups excluding carboxylic acids is 1. The number of nitrogens with zero attached hydrogens (tertiary/aromatic N) is 1. The Morgan fingerprint density at radius 1 is 1.20 bits per heavy atom. The first-order valence-electron chi connectivity index (χ1n) is 7.56. The normalized spacial score (nSPS) is 12.0. The van der Waals surface area contributed by atoms with Gasteiger partial charge in [-0.3, -0.25) is 9.89 Å². The van der Waals surface area contributed by atoms with E-state index >= 15 is 0 Å². The molecule has 0 radical (unpaired) electrons. The number of carbonyl (C=O) groups is 1. The SMILES string of the molecule is O=C(NC[C@@H](O)c1cccc(Cl)c1)c1cn[nH]c1-c1ccccc1Cl. The van der Waals surface area contributed by atoms with Gasteiger partial charge in [0.15, 0.2) is 0 Å². The van der Waals surface area contributed by atoms with Gasteiger partial charge >= 0.3 is 0 Å². The summed E-state index contributed by atoms with van der Waals surface area (Å²) in [6.45, 7) is 0.0479. The van der Waals surface area contributed by atoms with Gasteiger partial charge in [0.05, 0.1) is 23.6 Å². The first-order chi connectivity index (χ1) is 12.1. The summed E-state index contributed by atoms with van der Waals surface area (Å²) < 4.78 is 0. The Morgan fingerprint density at radius 3 is 2.76 bits per heavy atom. The third-order valence-electron chi connectivity index (χ3n) is 3.72. The van der Waals surface area contributed by atoms with E-state index in [2.05, 4.69) is 15.5 Å². The molecule has 1 atom stereocenters. The lowest BCUT2D eigenvalue weighted by molar-refractivity contribution is 0.0917. The number of hydrogen-bond donors (Lipinski definition) is 3. The van der Waals surface area contributed by atoms with E-state index in [1.807, 2.05) is 12.1 Å². The first kappa shape index (κ1) is 17.5. The van der Waals surface area contributed by atoms with Crippen molar-refractivity contribution in [3.63, 3.8) is 0 Å². The van der Waals surface area contributed by atoms with Crippen LogP contribution in [0.2, 0.25) is 10.0 Å². The molecule has 25 heavy (non-hydrogen) atoms. The van der Waals surface area contributed by atoms with E-state index in [1.165, 1.54) is 6.20 Å². The van der Waals surface area contributed by atoms with Gasteiger partial charge in [0.25, 0.3) is 5.91 Å². The molecule has 0 spiro atoms. The molecule has 0 aliphatic carbocycles. The van der Waals surface area contributed by atoms with E-state index in [4.69, 9.17) is 23.2 Å². The number of amides is 1. The standard InChI is InChI=1S/C18H15Cl2N3O2/c19-12-5-3-4-11(8-12)16(24)10-21-18(25)14-9-22-23-17(14)13-6-1-2-7-15(13)20/h1-9,16,24H,10H2,(H,21,25)(H,22,23)/t16-/m1/s1. The summed E-state index contributed by atoms with van der Waals surface area (Å²) >= 11 is 12.1. The van der Waals surface area contributed by atoms with E-state index in [-0.39, 0.29) is 12.5 Å². The fourth-order valence-electron chi connectivity index (χ4n) is 2.44. The molecular weight excluding hydrogens is 361 g/mol. The van der Waals surface area contributed by atoms with E-state index < -0.39 is 6.10 Å². The Bertz CT molecular complexity index is 895. The zero-order chi connectivity index (χ0) is 17.8. The second kappa shape index (κ2) is 7.70. The number of H-pyrrole nitrogens is 1. The van der Waals surface area contributed by atoms with Crippen molar-refractivity contribution in [3.05, 3.63) is 75.9 Å². The average molecular weight is 376 g/mol. The molecule has 1 aromatic heterocycles. The van der Waals surface area contributed by atoms with Crippen LogP contribution in [0.5, 0.6) is 0 Å². The number of nitrogens with one attached hydrogen (secondary N) is 2. The number of benzene rings is 2. The number of aromatic nitrogens is 2. The van der Waals surface area contributed by atoms with Crippen LogP contribution in [0.1, 0.15) is 22.0 Å². The van der Waals surface area contributed by atoms with Crippen LogP contribution in [0.3, 0.4) is 0 Å². The minimum Gasteiger partial charge on any atom is -0.387 e. The number of aliphatic hydroxyl groups is 1. The van der Waals surface area contributed by atoms with E-state index in [0.29, 0.717) is 32.4 Å².